The van der Waals surface area contributed by atoms with E-state index in [-0.39, 0.29) is 5.56 Å². The molecule has 1 heterocycles. The van der Waals surface area contributed by atoms with Crippen LogP contribution in [-0.2, 0) is 7.05 Å². The minimum Gasteiger partial charge on any atom is -0.310 e. The van der Waals surface area contributed by atoms with Crippen LogP contribution in [0.5, 0.6) is 0 Å². The number of hydrogen-bond acceptors (Lipinski definition) is 2. The second-order valence-electron chi connectivity index (χ2n) is 3.24. The molecule has 1 aromatic heterocycles. The molecule has 0 fully saturated rings. The molecule has 0 aliphatic heterocycles. The van der Waals surface area contributed by atoms with Gasteiger partial charge in [0.25, 0.3) is 5.56 Å². The van der Waals surface area contributed by atoms with Gasteiger partial charge >= 0.3 is 0 Å². The lowest BCUT2D eigenvalue weighted by molar-refractivity contribution is 0.628. The summed E-state index contributed by atoms with van der Waals surface area (Å²) in [6.45, 7) is 0. The van der Waals surface area contributed by atoms with Crippen LogP contribution in [0.3, 0.4) is 0 Å². The van der Waals surface area contributed by atoms with Crippen LogP contribution in [0.25, 0.3) is 10.9 Å². The number of halogens is 1. The predicted molar refractivity (Wildman–Crippen MR) is 53.9 cm³/mol. The number of nitrogens with zero attached hydrogens (tertiary/aromatic N) is 2. The van der Waals surface area contributed by atoms with Gasteiger partial charge < -0.3 is 4.57 Å². The third-order valence-electron chi connectivity index (χ3n) is 2.31. The second-order valence-corrected chi connectivity index (χ2v) is 3.24. The SMILES string of the molecule is Cn1c(=O)c(C#N)cc2ccc(F)cc21. The fourth-order valence-corrected chi connectivity index (χ4v) is 1.52. The molecule has 0 atom stereocenters. The molecule has 0 bridgehead atoms. The number of aryl methyl sites for hydroxylation is 1. The Morgan fingerprint density at radius 1 is 1.40 bits per heavy atom. The van der Waals surface area contributed by atoms with Crippen LogP contribution in [0.1, 0.15) is 5.56 Å². The second kappa shape index (κ2) is 3.21. The van der Waals surface area contributed by atoms with Crippen LogP contribution in [0, 0.1) is 17.1 Å². The van der Waals surface area contributed by atoms with E-state index in [0.29, 0.717) is 10.9 Å². The van der Waals surface area contributed by atoms with Crippen LogP contribution in [0.2, 0.25) is 0 Å². The molecule has 4 heteroatoms. The van der Waals surface area contributed by atoms with Crippen LogP contribution in [0.15, 0.2) is 29.1 Å². The van der Waals surface area contributed by atoms with Crippen molar-refractivity contribution in [2.75, 3.05) is 0 Å². The van der Waals surface area contributed by atoms with Gasteiger partial charge in [0.2, 0.25) is 0 Å². The predicted octanol–water partition coefficient (Wildman–Crippen LogP) is 1.55. The lowest BCUT2D eigenvalue weighted by Gasteiger charge is -2.04. The smallest absolute Gasteiger partial charge is 0.268 e. The highest BCUT2D eigenvalue weighted by Gasteiger charge is 2.06. The van der Waals surface area contributed by atoms with Crippen LogP contribution < -0.4 is 5.56 Å². The zero-order valence-corrected chi connectivity index (χ0v) is 7.99. The molecule has 0 amide bonds. The molecular formula is C11H7FN2O. The van der Waals surface area contributed by atoms with E-state index in [4.69, 9.17) is 5.26 Å². The number of fused-ring (bicyclic) bond motifs is 1. The summed E-state index contributed by atoms with van der Waals surface area (Å²) >= 11 is 0. The Morgan fingerprint density at radius 2 is 2.13 bits per heavy atom. The molecule has 0 saturated carbocycles. The number of nitriles is 1. The van der Waals surface area contributed by atoms with Gasteiger partial charge in [-0.25, -0.2) is 4.39 Å². The fourth-order valence-electron chi connectivity index (χ4n) is 1.52. The van der Waals surface area contributed by atoms with E-state index >= 15 is 0 Å². The number of aromatic nitrogens is 1. The summed E-state index contributed by atoms with van der Waals surface area (Å²) in [5.74, 6) is -0.401. The van der Waals surface area contributed by atoms with Crippen molar-refractivity contribution in [1.82, 2.24) is 4.57 Å². The maximum Gasteiger partial charge on any atom is 0.268 e. The quantitative estimate of drug-likeness (QED) is 0.650. The molecule has 3 nitrogen and oxygen atoms in total. The van der Waals surface area contributed by atoms with Crippen LogP contribution >= 0.6 is 0 Å². The van der Waals surface area contributed by atoms with Crippen molar-refractivity contribution in [3.63, 3.8) is 0 Å². The standard InChI is InChI=1S/C11H7FN2O/c1-14-10-5-9(12)3-2-7(10)4-8(6-13)11(14)15/h2-5H,1H3. The number of rotatable bonds is 0. The largest absolute Gasteiger partial charge is 0.310 e. The first kappa shape index (κ1) is 9.41. The summed E-state index contributed by atoms with van der Waals surface area (Å²) in [5.41, 5.74) is 0.145. The van der Waals surface area contributed by atoms with Crippen LogP contribution in [0.4, 0.5) is 4.39 Å². The number of pyridine rings is 1. The molecule has 0 radical (unpaired) electrons. The zero-order valence-electron chi connectivity index (χ0n) is 7.99. The average Bonchev–Trinajstić information content (AvgIpc) is 2.24. The van der Waals surface area contributed by atoms with Crippen molar-refractivity contribution in [3.05, 3.63) is 46.0 Å². The van der Waals surface area contributed by atoms with E-state index in [1.165, 1.54) is 29.8 Å². The zero-order chi connectivity index (χ0) is 11.0. The molecule has 0 aliphatic carbocycles. The molecule has 0 N–H and O–H groups in total. The van der Waals surface area contributed by atoms with E-state index in [1.54, 1.807) is 6.07 Å². The monoisotopic (exact) mass is 202 g/mol. The van der Waals surface area contributed by atoms with Gasteiger partial charge in [0.1, 0.15) is 17.4 Å². The lowest BCUT2D eigenvalue weighted by Crippen LogP contribution is -2.19. The molecule has 0 spiro atoms. The van der Waals surface area contributed by atoms with E-state index in [1.807, 2.05) is 6.07 Å². The molecule has 1 aromatic carbocycles. The van der Waals surface area contributed by atoms with Crippen molar-refractivity contribution in [1.29, 1.82) is 5.26 Å². The summed E-state index contributed by atoms with van der Waals surface area (Å²) in [7, 11) is 1.52. The number of benzene rings is 1. The fraction of sp³-hybridized carbons (Fsp3) is 0.0909. The molecule has 74 valence electrons. The first-order chi connectivity index (χ1) is 7.13. The van der Waals surface area contributed by atoms with Crippen LogP contribution in [-0.4, -0.2) is 4.57 Å². The van der Waals surface area contributed by atoms with Gasteiger partial charge in [-0.05, 0) is 29.7 Å². The van der Waals surface area contributed by atoms with E-state index in [9.17, 15) is 9.18 Å². The minimum atomic E-state index is -0.407. The van der Waals surface area contributed by atoms with Crippen molar-refractivity contribution in [2.24, 2.45) is 7.05 Å². The average molecular weight is 202 g/mol. The molecule has 2 aromatic rings. The Bertz CT molecular complexity index is 637. The van der Waals surface area contributed by atoms with Gasteiger partial charge in [-0.3, -0.25) is 4.79 Å². The highest BCUT2D eigenvalue weighted by molar-refractivity contribution is 5.80. The summed E-state index contributed by atoms with van der Waals surface area (Å²) < 4.78 is 14.2. The third kappa shape index (κ3) is 1.38. The first-order valence-corrected chi connectivity index (χ1v) is 4.33. The van der Waals surface area contributed by atoms with Gasteiger partial charge in [-0.1, -0.05) is 0 Å². The van der Waals surface area contributed by atoms with Crippen molar-refractivity contribution in [2.45, 2.75) is 0 Å². The molecule has 2 rings (SSSR count). The topological polar surface area (TPSA) is 45.8 Å². The Kier molecular flexibility index (Phi) is 2.01. The van der Waals surface area contributed by atoms with E-state index in [2.05, 4.69) is 0 Å². The normalized spacial score (nSPS) is 10.2. The molecule has 0 aliphatic rings. The van der Waals surface area contributed by atoms with Crippen molar-refractivity contribution in [3.8, 4) is 6.07 Å². The van der Waals surface area contributed by atoms with Gasteiger partial charge in [0, 0.05) is 7.05 Å². The van der Waals surface area contributed by atoms with Crippen molar-refractivity contribution < 1.29 is 4.39 Å². The molecule has 15 heavy (non-hydrogen) atoms. The summed E-state index contributed by atoms with van der Waals surface area (Å²) in [4.78, 5) is 11.5. The lowest BCUT2D eigenvalue weighted by atomic mass is 10.1. The minimum absolute atomic E-state index is 0.0663. The third-order valence-corrected chi connectivity index (χ3v) is 2.31. The van der Waals surface area contributed by atoms with Crippen molar-refractivity contribution >= 4 is 10.9 Å². The van der Waals surface area contributed by atoms with Gasteiger partial charge in [0.05, 0.1) is 5.52 Å². The summed E-state index contributed by atoms with van der Waals surface area (Å²) in [5, 5.41) is 9.40. The molecular weight excluding hydrogens is 195 g/mol. The summed E-state index contributed by atoms with van der Waals surface area (Å²) in [6.07, 6.45) is 0. The Balaban J connectivity index is 2.99. The Morgan fingerprint density at radius 3 is 2.80 bits per heavy atom. The number of hydrogen-bond donors (Lipinski definition) is 0. The summed E-state index contributed by atoms with van der Waals surface area (Å²) in [6, 6.07) is 7.41. The maximum atomic E-state index is 13.0. The van der Waals surface area contributed by atoms with Gasteiger partial charge in [0.15, 0.2) is 0 Å². The Labute approximate surface area is 85.0 Å². The Hall–Kier alpha value is -2.15. The van der Waals surface area contributed by atoms with E-state index < -0.39 is 11.4 Å². The maximum absolute atomic E-state index is 13.0. The van der Waals surface area contributed by atoms with Gasteiger partial charge in [-0.2, -0.15) is 5.26 Å². The van der Waals surface area contributed by atoms with Gasteiger partial charge in [-0.15, -0.1) is 0 Å². The molecule has 0 saturated heterocycles. The van der Waals surface area contributed by atoms with E-state index in [0.717, 1.165) is 0 Å². The highest BCUT2D eigenvalue weighted by atomic mass is 19.1. The first-order valence-electron chi connectivity index (χ1n) is 4.33. The molecule has 0 unspecified atom stereocenters. The highest BCUT2D eigenvalue weighted by Crippen LogP contribution is 2.14.